The number of hydrogen-bond acceptors (Lipinski definition) is 2. The number of halogens is 3. The Bertz CT molecular complexity index is 688. The molecule has 0 aromatic heterocycles. The van der Waals surface area contributed by atoms with Gasteiger partial charge in [0.05, 0.1) is 0 Å². The summed E-state index contributed by atoms with van der Waals surface area (Å²) in [6.07, 6.45) is -4.53. The number of carbonyl (C=O) groups excluding carboxylic acids is 2. The fourth-order valence-electron chi connectivity index (χ4n) is 2.04. The van der Waals surface area contributed by atoms with Crippen LogP contribution < -0.4 is 10.6 Å². The third-order valence-electron chi connectivity index (χ3n) is 3.17. The average Bonchev–Trinajstić information content (AvgIpc) is 2.58. The molecular formula is C17H15F3N2O2. The molecule has 0 bridgehead atoms. The van der Waals surface area contributed by atoms with Gasteiger partial charge in [-0.1, -0.05) is 48.5 Å². The monoisotopic (exact) mass is 336 g/mol. The maximum atomic E-state index is 12.3. The normalized spacial score (nSPS) is 12.3. The fourth-order valence-corrected chi connectivity index (χ4v) is 2.04. The Morgan fingerprint density at radius 3 is 2.00 bits per heavy atom. The first kappa shape index (κ1) is 17.5. The van der Waals surface area contributed by atoms with E-state index in [9.17, 15) is 22.8 Å². The van der Waals surface area contributed by atoms with Crippen LogP contribution in [0.15, 0.2) is 60.7 Å². The molecular weight excluding hydrogens is 321 g/mol. The van der Waals surface area contributed by atoms with Crippen LogP contribution in [-0.4, -0.2) is 24.5 Å². The van der Waals surface area contributed by atoms with Crippen LogP contribution in [0, 0.1) is 0 Å². The molecule has 0 aliphatic heterocycles. The van der Waals surface area contributed by atoms with Crippen LogP contribution in [-0.2, 0) is 4.79 Å². The van der Waals surface area contributed by atoms with Crippen LogP contribution >= 0.6 is 0 Å². The molecule has 24 heavy (non-hydrogen) atoms. The van der Waals surface area contributed by atoms with E-state index >= 15 is 0 Å². The molecule has 0 radical (unpaired) electrons. The van der Waals surface area contributed by atoms with Crippen LogP contribution in [0.4, 0.5) is 13.2 Å². The lowest BCUT2D eigenvalue weighted by atomic mass is 10.1. The molecule has 0 heterocycles. The van der Waals surface area contributed by atoms with Gasteiger partial charge in [0, 0.05) is 5.56 Å². The zero-order valence-electron chi connectivity index (χ0n) is 12.5. The predicted molar refractivity (Wildman–Crippen MR) is 82.2 cm³/mol. The van der Waals surface area contributed by atoms with Gasteiger partial charge in [-0.25, -0.2) is 0 Å². The predicted octanol–water partition coefficient (Wildman–Crippen LogP) is 2.84. The van der Waals surface area contributed by atoms with E-state index in [1.54, 1.807) is 66.0 Å². The van der Waals surface area contributed by atoms with E-state index in [4.69, 9.17) is 0 Å². The molecule has 0 spiro atoms. The minimum Gasteiger partial charge on any atom is -0.345 e. The van der Waals surface area contributed by atoms with Crippen LogP contribution in [0.25, 0.3) is 0 Å². The highest BCUT2D eigenvalue weighted by atomic mass is 19.4. The lowest BCUT2D eigenvalue weighted by Gasteiger charge is -2.19. The van der Waals surface area contributed by atoms with E-state index in [2.05, 4.69) is 5.32 Å². The van der Waals surface area contributed by atoms with Gasteiger partial charge >= 0.3 is 6.18 Å². The lowest BCUT2D eigenvalue weighted by molar-refractivity contribution is -0.139. The highest BCUT2D eigenvalue weighted by Gasteiger charge is 2.30. The molecule has 0 saturated carbocycles. The molecule has 7 heteroatoms. The minimum absolute atomic E-state index is 0.307. The Morgan fingerprint density at radius 1 is 0.917 bits per heavy atom. The smallest absolute Gasteiger partial charge is 0.345 e. The second-order valence-corrected chi connectivity index (χ2v) is 5.02. The van der Waals surface area contributed by atoms with Crippen molar-refractivity contribution in [2.75, 3.05) is 6.54 Å². The van der Waals surface area contributed by atoms with Crippen molar-refractivity contribution in [3.8, 4) is 0 Å². The van der Waals surface area contributed by atoms with Crippen molar-refractivity contribution < 1.29 is 22.8 Å². The number of amides is 2. The van der Waals surface area contributed by atoms with Crippen LogP contribution in [0.2, 0.25) is 0 Å². The molecule has 0 fully saturated rings. The van der Waals surface area contributed by atoms with E-state index in [1.807, 2.05) is 0 Å². The third-order valence-corrected chi connectivity index (χ3v) is 3.17. The van der Waals surface area contributed by atoms with Gasteiger partial charge < -0.3 is 10.6 Å². The third kappa shape index (κ3) is 5.12. The number of alkyl halides is 3. The number of rotatable bonds is 5. The van der Waals surface area contributed by atoms with Crippen molar-refractivity contribution in [2.24, 2.45) is 0 Å². The van der Waals surface area contributed by atoms with Crippen LogP contribution in [0.1, 0.15) is 22.0 Å². The van der Waals surface area contributed by atoms with Gasteiger partial charge in [-0.2, -0.15) is 13.2 Å². The first-order chi connectivity index (χ1) is 11.4. The average molecular weight is 336 g/mol. The molecule has 2 amide bonds. The summed E-state index contributed by atoms with van der Waals surface area (Å²) in [4.78, 5) is 24.4. The van der Waals surface area contributed by atoms with Gasteiger partial charge in [0.25, 0.3) is 5.91 Å². The molecule has 2 aromatic carbocycles. The Labute approximate surface area is 136 Å². The largest absolute Gasteiger partial charge is 0.405 e. The molecule has 2 rings (SSSR count). The molecule has 1 unspecified atom stereocenters. The summed E-state index contributed by atoms with van der Waals surface area (Å²) in [5.74, 6) is -1.48. The van der Waals surface area contributed by atoms with Crippen molar-refractivity contribution in [1.29, 1.82) is 0 Å². The van der Waals surface area contributed by atoms with Gasteiger partial charge in [-0.05, 0) is 17.7 Å². The molecule has 0 aliphatic rings. The van der Waals surface area contributed by atoms with Gasteiger partial charge in [0.1, 0.15) is 12.6 Å². The fraction of sp³-hybridized carbons (Fsp3) is 0.176. The highest BCUT2D eigenvalue weighted by Crippen LogP contribution is 2.16. The Morgan fingerprint density at radius 2 is 1.46 bits per heavy atom. The molecule has 2 aromatic rings. The number of benzene rings is 2. The topological polar surface area (TPSA) is 58.2 Å². The van der Waals surface area contributed by atoms with Crippen molar-refractivity contribution in [3.05, 3.63) is 71.8 Å². The van der Waals surface area contributed by atoms with E-state index in [0.29, 0.717) is 11.1 Å². The Balaban J connectivity index is 2.17. The van der Waals surface area contributed by atoms with Crippen molar-refractivity contribution >= 4 is 11.8 Å². The molecule has 0 aliphatic carbocycles. The minimum atomic E-state index is -4.53. The number of nitrogens with one attached hydrogen (secondary N) is 2. The maximum absolute atomic E-state index is 12.3. The van der Waals surface area contributed by atoms with E-state index in [1.165, 1.54) is 0 Å². The Hall–Kier alpha value is -2.83. The quantitative estimate of drug-likeness (QED) is 0.882. The molecule has 2 N–H and O–H groups in total. The van der Waals surface area contributed by atoms with E-state index < -0.39 is 30.6 Å². The second-order valence-electron chi connectivity index (χ2n) is 5.02. The number of hydrogen-bond donors (Lipinski definition) is 2. The molecule has 4 nitrogen and oxygen atoms in total. The summed E-state index contributed by atoms with van der Waals surface area (Å²) < 4.78 is 36.9. The Kier molecular flexibility index (Phi) is 5.57. The first-order valence-corrected chi connectivity index (χ1v) is 7.12. The summed E-state index contributed by atoms with van der Waals surface area (Å²) >= 11 is 0. The number of carbonyl (C=O) groups is 2. The maximum Gasteiger partial charge on any atom is 0.405 e. The molecule has 0 saturated heterocycles. The second kappa shape index (κ2) is 7.63. The lowest BCUT2D eigenvalue weighted by Crippen LogP contribution is -2.43. The van der Waals surface area contributed by atoms with Crippen LogP contribution in [0.3, 0.4) is 0 Å². The van der Waals surface area contributed by atoms with Gasteiger partial charge in [-0.3, -0.25) is 9.59 Å². The van der Waals surface area contributed by atoms with Gasteiger partial charge in [-0.15, -0.1) is 0 Å². The summed E-state index contributed by atoms with van der Waals surface area (Å²) in [5.41, 5.74) is 0.698. The first-order valence-electron chi connectivity index (χ1n) is 7.12. The zero-order chi connectivity index (χ0) is 17.6. The summed E-state index contributed by atoms with van der Waals surface area (Å²) in [6.45, 7) is -1.46. The highest BCUT2D eigenvalue weighted by molar-refractivity contribution is 5.97. The summed E-state index contributed by atoms with van der Waals surface area (Å²) in [6, 6.07) is 15.0. The van der Waals surface area contributed by atoms with Crippen molar-refractivity contribution in [2.45, 2.75) is 12.2 Å². The van der Waals surface area contributed by atoms with E-state index in [0.717, 1.165) is 0 Å². The summed E-state index contributed by atoms with van der Waals surface area (Å²) in [7, 11) is 0. The van der Waals surface area contributed by atoms with Crippen molar-refractivity contribution in [3.63, 3.8) is 0 Å². The standard InChI is InChI=1S/C17H15F3N2O2/c18-17(19,20)11-21-16(24)14(12-7-3-1-4-8-12)22-15(23)13-9-5-2-6-10-13/h1-10,14H,11H2,(H,21,24)(H,22,23). The van der Waals surface area contributed by atoms with E-state index in [-0.39, 0.29) is 0 Å². The van der Waals surface area contributed by atoms with Gasteiger partial charge in [0.15, 0.2) is 0 Å². The van der Waals surface area contributed by atoms with Gasteiger partial charge in [0.2, 0.25) is 5.91 Å². The van der Waals surface area contributed by atoms with Crippen molar-refractivity contribution in [1.82, 2.24) is 10.6 Å². The molecule has 1 atom stereocenters. The molecule has 126 valence electrons. The summed E-state index contributed by atoms with van der Waals surface area (Å²) in [5, 5.41) is 4.27. The SMILES string of the molecule is O=C(NC(C(=O)NCC(F)(F)F)c1ccccc1)c1ccccc1. The zero-order valence-corrected chi connectivity index (χ0v) is 12.5. The van der Waals surface area contributed by atoms with Crippen LogP contribution in [0.5, 0.6) is 0 Å².